The molecular formula is C24H24O3. The first-order valence-electron chi connectivity index (χ1n) is 9.03. The average molecular weight is 360 g/mol. The second kappa shape index (κ2) is 7.36. The first-order valence-corrected chi connectivity index (χ1v) is 9.03. The van der Waals surface area contributed by atoms with Crippen molar-refractivity contribution < 1.29 is 14.3 Å². The smallest absolute Gasteiger partial charge is 0.170 e. The molecule has 0 N–H and O–H groups in total. The molecule has 3 nitrogen and oxygen atoms in total. The molecule has 0 fully saturated rings. The molecule has 0 aliphatic carbocycles. The van der Waals surface area contributed by atoms with E-state index in [9.17, 15) is 9.59 Å². The van der Waals surface area contributed by atoms with Gasteiger partial charge < -0.3 is 4.74 Å². The zero-order valence-electron chi connectivity index (χ0n) is 16.2. The van der Waals surface area contributed by atoms with Crippen molar-refractivity contribution in [2.45, 2.75) is 32.6 Å². The molecule has 0 atom stereocenters. The Morgan fingerprint density at radius 2 is 1.33 bits per heavy atom. The van der Waals surface area contributed by atoms with Gasteiger partial charge in [-0.1, -0.05) is 63.2 Å². The second-order valence-electron chi connectivity index (χ2n) is 7.78. The SMILES string of the molecule is COc1ccc2cc(C(=O)CC(=O)c3ccc(C(C)(C)C)cc3)ccc2c1. The van der Waals surface area contributed by atoms with Crippen molar-refractivity contribution in [1.29, 1.82) is 0 Å². The molecule has 3 rings (SSSR count). The molecule has 3 heteroatoms. The van der Waals surface area contributed by atoms with Gasteiger partial charge in [-0.2, -0.15) is 0 Å². The van der Waals surface area contributed by atoms with Crippen LogP contribution in [0.4, 0.5) is 0 Å². The molecule has 0 radical (unpaired) electrons. The van der Waals surface area contributed by atoms with Crippen molar-refractivity contribution in [3.63, 3.8) is 0 Å². The van der Waals surface area contributed by atoms with Crippen LogP contribution in [-0.2, 0) is 5.41 Å². The highest BCUT2D eigenvalue weighted by Gasteiger charge is 2.17. The number of carbonyl (C=O) groups excluding carboxylic acids is 2. The number of ether oxygens (including phenoxy) is 1. The van der Waals surface area contributed by atoms with Gasteiger partial charge in [0.25, 0.3) is 0 Å². The van der Waals surface area contributed by atoms with Crippen molar-refractivity contribution in [3.8, 4) is 5.75 Å². The minimum absolute atomic E-state index is 0.0329. The molecule has 3 aromatic carbocycles. The molecule has 0 saturated heterocycles. The van der Waals surface area contributed by atoms with Crippen LogP contribution >= 0.6 is 0 Å². The average Bonchev–Trinajstić information content (AvgIpc) is 2.66. The quantitative estimate of drug-likeness (QED) is 0.439. The van der Waals surface area contributed by atoms with Crippen molar-refractivity contribution in [1.82, 2.24) is 0 Å². The Kier molecular flexibility index (Phi) is 5.13. The number of fused-ring (bicyclic) bond motifs is 1. The van der Waals surface area contributed by atoms with Gasteiger partial charge in [0.2, 0.25) is 0 Å². The van der Waals surface area contributed by atoms with Crippen molar-refractivity contribution in [3.05, 3.63) is 77.4 Å². The van der Waals surface area contributed by atoms with Gasteiger partial charge in [0.1, 0.15) is 5.75 Å². The predicted molar refractivity (Wildman–Crippen MR) is 109 cm³/mol. The van der Waals surface area contributed by atoms with Crippen LogP contribution in [0.2, 0.25) is 0 Å². The van der Waals surface area contributed by atoms with Gasteiger partial charge in [0.15, 0.2) is 11.6 Å². The third-order valence-corrected chi connectivity index (χ3v) is 4.76. The number of carbonyl (C=O) groups is 2. The van der Waals surface area contributed by atoms with E-state index in [1.54, 1.807) is 13.2 Å². The van der Waals surface area contributed by atoms with Crippen LogP contribution in [0, 0.1) is 0 Å². The fourth-order valence-corrected chi connectivity index (χ4v) is 3.03. The maximum atomic E-state index is 12.6. The molecule has 0 saturated carbocycles. The van der Waals surface area contributed by atoms with E-state index in [1.165, 1.54) is 0 Å². The molecule has 0 unspecified atom stereocenters. The summed E-state index contributed by atoms with van der Waals surface area (Å²) in [6.45, 7) is 6.38. The van der Waals surface area contributed by atoms with Gasteiger partial charge in [0.05, 0.1) is 13.5 Å². The predicted octanol–water partition coefficient (Wildman–Crippen LogP) is 5.60. The highest BCUT2D eigenvalue weighted by atomic mass is 16.5. The van der Waals surface area contributed by atoms with Crippen LogP contribution in [-0.4, -0.2) is 18.7 Å². The summed E-state index contributed by atoms with van der Waals surface area (Å²) >= 11 is 0. The normalized spacial score (nSPS) is 11.4. The maximum absolute atomic E-state index is 12.6. The Morgan fingerprint density at radius 1 is 0.778 bits per heavy atom. The van der Waals surface area contributed by atoms with E-state index < -0.39 is 0 Å². The monoisotopic (exact) mass is 360 g/mol. The Hall–Kier alpha value is -2.94. The Morgan fingerprint density at radius 3 is 1.96 bits per heavy atom. The molecule has 0 aromatic heterocycles. The van der Waals surface area contributed by atoms with Crippen molar-refractivity contribution in [2.24, 2.45) is 0 Å². The number of hydrogen-bond donors (Lipinski definition) is 0. The van der Waals surface area contributed by atoms with E-state index in [0.717, 1.165) is 22.1 Å². The summed E-state index contributed by atoms with van der Waals surface area (Å²) in [4.78, 5) is 25.1. The lowest BCUT2D eigenvalue weighted by molar-refractivity contribution is 0.0894. The minimum atomic E-state index is -0.169. The first-order chi connectivity index (χ1) is 12.8. The van der Waals surface area contributed by atoms with Gasteiger partial charge >= 0.3 is 0 Å². The van der Waals surface area contributed by atoms with E-state index in [0.29, 0.717) is 11.1 Å². The fraction of sp³-hybridized carbons (Fsp3) is 0.250. The molecule has 0 aliphatic rings. The largest absolute Gasteiger partial charge is 0.497 e. The van der Waals surface area contributed by atoms with E-state index >= 15 is 0 Å². The van der Waals surface area contributed by atoms with Gasteiger partial charge in [-0.25, -0.2) is 0 Å². The second-order valence-corrected chi connectivity index (χ2v) is 7.78. The Bertz CT molecular complexity index is 992. The van der Waals surface area contributed by atoms with E-state index in [4.69, 9.17) is 4.74 Å². The van der Waals surface area contributed by atoms with Gasteiger partial charge in [0, 0.05) is 11.1 Å². The zero-order chi connectivity index (χ0) is 19.6. The molecule has 3 aromatic rings. The topological polar surface area (TPSA) is 43.4 Å². The number of Topliss-reactive ketones (excluding diaryl/α,β-unsaturated/α-hetero) is 2. The Labute approximate surface area is 160 Å². The first kappa shape index (κ1) is 18.8. The maximum Gasteiger partial charge on any atom is 0.170 e. The number of rotatable bonds is 5. The van der Waals surface area contributed by atoms with Crippen LogP contribution in [0.1, 0.15) is 53.5 Å². The molecule has 0 spiro atoms. The lowest BCUT2D eigenvalue weighted by Crippen LogP contribution is -2.12. The summed E-state index contributed by atoms with van der Waals surface area (Å²) < 4.78 is 5.22. The highest BCUT2D eigenvalue weighted by Crippen LogP contribution is 2.24. The van der Waals surface area contributed by atoms with Crippen molar-refractivity contribution in [2.75, 3.05) is 7.11 Å². The summed E-state index contributed by atoms with van der Waals surface area (Å²) in [6.07, 6.45) is -0.128. The van der Waals surface area contributed by atoms with Gasteiger partial charge in [-0.3, -0.25) is 9.59 Å². The van der Waals surface area contributed by atoms with Crippen LogP contribution in [0.3, 0.4) is 0 Å². The third kappa shape index (κ3) is 4.25. The number of benzene rings is 3. The summed E-state index contributed by atoms with van der Waals surface area (Å²) in [6, 6.07) is 18.7. The lowest BCUT2D eigenvalue weighted by Gasteiger charge is -2.18. The van der Waals surface area contributed by atoms with Crippen molar-refractivity contribution >= 4 is 22.3 Å². The van der Waals surface area contributed by atoms with E-state index in [-0.39, 0.29) is 23.4 Å². The standard InChI is InChI=1S/C24H24O3/c1-24(2,3)20-10-7-16(8-11-20)22(25)15-23(26)19-6-5-18-14-21(27-4)12-9-17(18)13-19/h5-14H,15H2,1-4H3. The van der Waals surface area contributed by atoms with Crippen LogP contribution in [0.15, 0.2) is 60.7 Å². The van der Waals surface area contributed by atoms with Crippen LogP contribution < -0.4 is 4.74 Å². The van der Waals surface area contributed by atoms with Crippen LogP contribution in [0.5, 0.6) is 5.75 Å². The Balaban J connectivity index is 1.76. The molecule has 27 heavy (non-hydrogen) atoms. The lowest BCUT2D eigenvalue weighted by atomic mass is 9.86. The summed E-state index contributed by atoms with van der Waals surface area (Å²) in [7, 11) is 1.62. The van der Waals surface area contributed by atoms with Gasteiger partial charge in [-0.05, 0) is 39.9 Å². The number of methoxy groups -OCH3 is 1. The number of ketones is 2. The fourth-order valence-electron chi connectivity index (χ4n) is 3.03. The van der Waals surface area contributed by atoms with E-state index in [1.807, 2.05) is 54.6 Å². The minimum Gasteiger partial charge on any atom is -0.497 e. The van der Waals surface area contributed by atoms with Gasteiger partial charge in [-0.15, -0.1) is 0 Å². The molecular weight excluding hydrogens is 336 g/mol. The molecule has 0 heterocycles. The zero-order valence-corrected chi connectivity index (χ0v) is 16.2. The number of hydrogen-bond acceptors (Lipinski definition) is 3. The highest BCUT2D eigenvalue weighted by molar-refractivity contribution is 6.14. The molecule has 0 bridgehead atoms. The molecule has 0 aliphatic heterocycles. The summed E-state index contributed by atoms with van der Waals surface area (Å²) in [5.41, 5.74) is 2.31. The summed E-state index contributed by atoms with van der Waals surface area (Å²) in [5, 5.41) is 1.94. The molecule has 138 valence electrons. The molecule has 0 amide bonds. The third-order valence-electron chi connectivity index (χ3n) is 4.76. The van der Waals surface area contributed by atoms with E-state index in [2.05, 4.69) is 20.8 Å². The summed E-state index contributed by atoms with van der Waals surface area (Å²) in [5.74, 6) is 0.448. The van der Waals surface area contributed by atoms with Crippen LogP contribution in [0.25, 0.3) is 10.8 Å².